The van der Waals surface area contributed by atoms with E-state index in [9.17, 15) is 4.79 Å². The van der Waals surface area contributed by atoms with Crippen LogP contribution in [-0.2, 0) is 4.74 Å². The van der Waals surface area contributed by atoms with Crippen molar-refractivity contribution in [1.29, 1.82) is 0 Å². The molecule has 1 aromatic carbocycles. The fourth-order valence-corrected chi connectivity index (χ4v) is 3.73. The van der Waals surface area contributed by atoms with Crippen LogP contribution in [0.1, 0.15) is 26.2 Å². The number of hydrogen-bond acceptors (Lipinski definition) is 3. The van der Waals surface area contributed by atoms with Crippen molar-refractivity contribution in [1.82, 2.24) is 4.90 Å². The van der Waals surface area contributed by atoms with Gasteiger partial charge < -0.3 is 4.74 Å². The minimum absolute atomic E-state index is 0.351. The third-order valence-electron chi connectivity index (χ3n) is 4.97. The zero-order valence-corrected chi connectivity index (χ0v) is 12.6. The van der Waals surface area contributed by atoms with Gasteiger partial charge in [-0.25, -0.2) is 4.79 Å². The van der Waals surface area contributed by atoms with Crippen LogP contribution < -0.4 is 5.32 Å². The van der Waals surface area contributed by atoms with Gasteiger partial charge in [-0.3, -0.25) is 10.2 Å². The number of para-hydroxylation sites is 1. The Hall–Kier alpha value is -1.55. The van der Waals surface area contributed by atoms with Gasteiger partial charge in [-0.1, -0.05) is 31.5 Å². The average molecular weight is 288 g/mol. The second-order valence-corrected chi connectivity index (χ2v) is 6.19. The Morgan fingerprint density at radius 3 is 2.86 bits per heavy atom. The summed E-state index contributed by atoms with van der Waals surface area (Å²) in [6.07, 6.45) is 3.40. The summed E-state index contributed by atoms with van der Waals surface area (Å²) in [5.41, 5.74) is 0.777. The Balaban J connectivity index is 1.47. The number of nitrogens with one attached hydrogen (secondary N) is 1. The van der Waals surface area contributed by atoms with E-state index in [4.69, 9.17) is 4.74 Å². The minimum atomic E-state index is -0.351. The van der Waals surface area contributed by atoms with Gasteiger partial charge in [-0.05, 0) is 43.4 Å². The number of anilines is 1. The number of hydrogen-bond donors (Lipinski definition) is 1. The van der Waals surface area contributed by atoms with Crippen molar-refractivity contribution in [2.45, 2.75) is 32.2 Å². The number of piperidine rings is 3. The van der Waals surface area contributed by atoms with E-state index in [-0.39, 0.29) is 6.09 Å². The summed E-state index contributed by atoms with van der Waals surface area (Å²) in [4.78, 5) is 14.3. The molecule has 1 unspecified atom stereocenters. The topological polar surface area (TPSA) is 41.6 Å². The lowest BCUT2D eigenvalue weighted by Gasteiger charge is -2.49. The third kappa shape index (κ3) is 3.38. The number of carbonyl (C=O) groups excluding carboxylic acids is 1. The van der Waals surface area contributed by atoms with Crippen LogP contribution in [-0.4, -0.2) is 36.7 Å². The highest BCUT2D eigenvalue weighted by atomic mass is 16.5. The number of amides is 1. The number of nitrogens with zero attached hydrogens (tertiary/aromatic N) is 1. The molecule has 0 aliphatic carbocycles. The zero-order chi connectivity index (χ0) is 14.7. The molecular weight excluding hydrogens is 264 g/mol. The quantitative estimate of drug-likeness (QED) is 0.923. The van der Waals surface area contributed by atoms with Crippen LogP contribution >= 0.6 is 0 Å². The molecule has 3 fully saturated rings. The highest BCUT2D eigenvalue weighted by Gasteiger charge is 2.39. The molecule has 4 atom stereocenters. The number of carbonyl (C=O) groups is 1. The summed E-state index contributed by atoms with van der Waals surface area (Å²) >= 11 is 0. The maximum absolute atomic E-state index is 11.8. The van der Waals surface area contributed by atoms with E-state index in [1.807, 2.05) is 30.3 Å². The molecule has 2 bridgehead atoms. The summed E-state index contributed by atoms with van der Waals surface area (Å²) in [6, 6.07) is 9.84. The van der Waals surface area contributed by atoms with E-state index in [0.717, 1.165) is 24.1 Å². The largest absolute Gasteiger partial charge is 0.448 e. The van der Waals surface area contributed by atoms with Crippen LogP contribution in [0.25, 0.3) is 0 Å². The molecule has 114 valence electrons. The Morgan fingerprint density at radius 2 is 2.19 bits per heavy atom. The number of ether oxygens (including phenoxy) is 1. The summed E-state index contributed by atoms with van der Waals surface area (Å²) in [6.45, 7) is 5.13. The van der Waals surface area contributed by atoms with Crippen LogP contribution in [0.2, 0.25) is 0 Å². The van der Waals surface area contributed by atoms with Crippen molar-refractivity contribution >= 4 is 11.8 Å². The maximum Gasteiger partial charge on any atom is 0.411 e. The van der Waals surface area contributed by atoms with Gasteiger partial charge in [0.05, 0.1) is 0 Å². The predicted octanol–water partition coefficient (Wildman–Crippen LogP) is 3.36. The second-order valence-electron chi connectivity index (χ2n) is 6.19. The van der Waals surface area contributed by atoms with Crippen LogP contribution in [0.5, 0.6) is 0 Å². The van der Waals surface area contributed by atoms with Crippen molar-refractivity contribution < 1.29 is 9.53 Å². The normalized spacial score (nSPS) is 30.9. The molecule has 3 aliphatic heterocycles. The molecule has 4 heteroatoms. The first-order chi connectivity index (χ1) is 10.3. The Bertz CT molecular complexity index is 477. The lowest BCUT2D eigenvalue weighted by molar-refractivity contribution is -0.0240. The maximum atomic E-state index is 11.8. The van der Waals surface area contributed by atoms with Crippen LogP contribution in [0.4, 0.5) is 10.5 Å². The fraction of sp³-hybridized carbons (Fsp3) is 0.588. The number of benzene rings is 1. The van der Waals surface area contributed by atoms with Gasteiger partial charge in [0.2, 0.25) is 0 Å². The van der Waals surface area contributed by atoms with E-state index >= 15 is 0 Å². The number of fused-ring (bicyclic) bond motifs is 3. The first-order valence-corrected chi connectivity index (χ1v) is 7.99. The molecule has 1 amide bonds. The first-order valence-electron chi connectivity index (χ1n) is 7.99. The number of rotatable bonds is 4. The smallest absolute Gasteiger partial charge is 0.411 e. The van der Waals surface area contributed by atoms with Crippen molar-refractivity contribution in [3.05, 3.63) is 30.3 Å². The highest BCUT2D eigenvalue weighted by Crippen LogP contribution is 2.37. The van der Waals surface area contributed by atoms with Gasteiger partial charge in [0.15, 0.2) is 0 Å². The fourth-order valence-electron chi connectivity index (χ4n) is 3.73. The van der Waals surface area contributed by atoms with E-state index in [2.05, 4.69) is 17.1 Å². The third-order valence-corrected chi connectivity index (χ3v) is 4.97. The van der Waals surface area contributed by atoms with Crippen molar-refractivity contribution in [2.24, 2.45) is 11.8 Å². The molecule has 0 spiro atoms. The van der Waals surface area contributed by atoms with Gasteiger partial charge >= 0.3 is 6.09 Å². The monoisotopic (exact) mass is 288 g/mol. The molecule has 0 aromatic heterocycles. The van der Waals surface area contributed by atoms with E-state index < -0.39 is 0 Å². The molecule has 3 heterocycles. The SMILES string of the molecule is CC[C@H]1CN2CC[C@H]1C[C@@H]2COC(=O)Nc1ccccc1. The molecule has 4 rings (SSSR count). The average Bonchev–Trinajstić information content (AvgIpc) is 2.54. The van der Waals surface area contributed by atoms with Gasteiger partial charge in [-0.2, -0.15) is 0 Å². The van der Waals surface area contributed by atoms with E-state index in [1.54, 1.807) is 0 Å². The molecule has 0 radical (unpaired) electrons. The van der Waals surface area contributed by atoms with Gasteiger partial charge in [0, 0.05) is 18.3 Å². The molecule has 3 aliphatic rings. The predicted molar refractivity (Wildman–Crippen MR) is 83.3 cm³/mol. The van der Waals surface area contributed by atoms with Crippen molar-refractivity contribution in [3.8, 4) is 0 Å². The molecular formula is C17H24N2O2. The summed E-state index contributed by atoms with van der Waals surface area (Å²) < 4.78 is 5.42. The molecule has 4 nitrogen and oxygen atoms in total. The Kier molecular flexibility index (Phi) is 4.44. The molecule has 3 saturated heterocycles. The summed E-state index contributed by atoms with van der Waals surface area (Å²) in [5, 5.41) is 2.77. The van der Waals surface area contributed by atoms with Crippen LogP contribution in [0.3, 0.4) is 0 Å². The summed E-state index contributed by atoms with van der Waals surface area (Å²) in [7, 11) is 0. The van der Waals surface area contributed by atoms with Gasteiger partial charge in [0.25, 0.3) is 0 Å². The van der Waals surface area contributed by atoms with Crippen molar-refractivity contribution in [3.63, 3.8) is 0 Å². The lowest BCUT2D eigenvalue weighted by Crippen LogP contribution is -2.54. The summed E-state index contributed by atoms with van der Waals surface area (Å²) in [5.74, 6) is 1.67. The standard InChI is InChI=1S/C17H24N2O2/c1-2-13-11-19-9-8-14(13)10-16(19)12-21-17(20)18-15-6-4-3-5-7-15/h3-7,13-14,16H,2,8-12H2,1H3,(H,18,20)/t13-,14-,16+/m0/s1. The van der Waals surface area contributed by atoms with Crippen molar-refractivity contribution in [2.75, 3.05) is 25.0 Å². The molecule has 21 heavy (non-hydrogen) atoms. The van der Waals surface area contributed by atoms with Gasteiger partial charge in [-0.15, -0.1) is 0 Å². The first kappa shape index (κ1) is 14.4. The molecule has 0 saturated carbocycles. The molecule has 1 N–H and O–H groups in total. The Morgan fingerprint density at radius 1 is 1.38 bits per heavy atom. The minimum Gasteiger partial charge on any atom is -0.448 e. The van der Waals surface area contributed by atoms with Gasteiger partial charge in [0.1, 0.15) is 6.61 Å². The Labute approximate surface area is 126 Å². The zero-order valence-electron chi connectivity index (χ0n) is 12.6. The molecule has 1 aromatic rings. The van der Waals surface area contributed by atoms with Crippen LogP contribution in [0, 0.1) is 11.8 Å². The lowest BCUT2D eigenvalue weighted by atomic mass is 9.75. The highest BCUT2D eigenvalue weighted by molar-refractivity contribution is 5.84. The second kappa shape index (κ2) is 6.48. The van der Waals surface area contributed by atoms with Crippen LogP contribution in [0.15, 0.2) is 30.3 Å². The van der Waals surface area contributed by atoms with E-state index in [0.29, 0.717) is 12.6 Å². The van der Waals surface area contributed by atoms with E-state index in [1.165, 1.54) is 25.8 Å².